The fraction of sp³-hybridized carbons (Fsp3) is 0.429. The summed E-state index contributed by atoms with van der Waals surface area (Å²) in [7, 11) is -3.07. The van der Waals surface area contributed by atoms with Crippen molar-refractivity contribution in [3.05, 3.63) is 29.0 Å². The lowest BCUT2D eigenvalue weighted by atomic mass is 10.0. The van der Waals surface area contributed by atoms with Gasteiger partial charge in [0.1, 0.15) is 5.69 Å². The van der Waals surface area contributed by atoms with Gasteiger partial charge in [-0.1, -0.05) is 0 Å². The number of nitrogens with zero attached hydrogens (tertiary/aromatic N) is 1. The number of nitrogens with one attached hydrogen (secondary N) is 1. The quantitative estimate of drug-likeness (QED) is 0.923. The van der Waals surface area contributed by atoms with Crippen LogP contribution >= 0.6 is 11.3 Å². The predicted octanol–water partition coefficient (Wildman–Crippen LogP) is 2.02. The Morgan fingerprint density at radius 2 is 2.27 bits per heavy atom. The third-order valence-electron chi connectivity index (χ3n) is 3.66. The summed E-state index contributed by atoms with van der Waals surface area (Å²) in [6, 6.07) is 3.54. The van der Waals surface area contributed by atoms with Gasteiger partial charge in [0.2, 0.25) is 0 Å². The molecule has 22 heavy (non-hydrogen) atoms. The zero-order valence-corrected chi connectivity index (χ0v) is 13.9. The topological polar surface area (TPSA) is 89.3 Å². The van der Waals surface area contributed by atoms with Crippen molar-refractivity contribution in [3.8, 4) is 10.8 Å². The SMILES string of the molecule is Cc1sc(-c2ccco2)nc1C(=O)NC1(C)CCS(=O)(=O)C1. The molecule has 3 rings (SSSR count). The van der Waals surface area contributed by atoms with E-state index in [1.807, 2.05) is 6.92 Å². The van der Waals surface area contributed by atoms with Gasteiger partial charge in [0.05, 0.1) is 23.3 Å². The van der Waals surface area contributed by atoms with Gasteiger partial charge in [0.25, 0.3) is 5.91 Å². The van der Waals surface area contributed by atoms with Gasteiger partial charge < -0.3 is 9.73 Å². The minimum absolute atomic E-state index is 0.0278. The molecule has 6 nitrogen and oxygen atoms in total. The molecular formula is C14H16N2O4S2. The minimum atomic E-state index is -3.07. The molecule has 3 heterocycles. The van der Waals surface area contributed by atoms with E-state index in [-0.39, 0.29) is 17.4 Å². The average Bonchev–Trinajstić information content (AvgIpc) is 3.09. The summed E-state index contributed by atoms with van der Waals surface area (Å²) in [5, 5.41) is 3.46. The molecule has 0 aliphatic carbocycles. The Balaban J connectivity index is 1.81. The van der Waals surface area contributed by atoms with Gasteiger partial charge in [-0.25, -0.2) is 13.4 Å². The smallest absolute Gasteiger partial charge is 0.271 e. The molecule has 1 unspecified atom stereocenters. The molecule has 1 aliphatic rings. The van der Waals surface area contributed by atoms with E-state index in [4.69, 9.17) is 4.42 Å². The maximum atomic E-state index is 12.4. The van der Waals surface area contributed by atoms with E-state index in [1.54, 1.807) is 25.3 Å². The van der Waals surface area contributed by atoms with Gasteiger partial charge in [0.15, 0.2) is 20.6 Å². The summed E-state index contributed by atoms with van der Waals surface area (Å²) in [4.78, 5) is 17.5. The van der Waals surface area contributed by atoms with Gasteiger partial charge in [0, 0.05) is 4.88 Å². The number of thiazole rings is 1. The van der Waals surface area contributed by atoms with Crippen LogP contribution in [0, 0.1) is 6.92 Å². The highest BCUT2D eigenvalue weighted by molar-refractivity contribution is 7.91. The van der Waals surface area contributed by atoms with Crippen molar-refractivity contribution >= 4 is 27.1 Å². The van der Waals surface area contributed by atoms with Gasteiger partial charge in [-0.3, -0.25) is 4.79 Å². The Bertz CT molecular complexity index is 808. The van der Waals surface area contributed by atoms with Gasteiger partial charge >= 0.3 is 0 Å². The summed E-state index contributed by atoms with van der Waals surface area (Å²) < 4.78 is 28.5. The van der Waals surface area contributed by atoms with E-state index >= 15 is 0 Å². The van der Waals surface area contributed by atoms with Crippen LogP contribution in [0.4, 0.5) is 0 Å². The highest BCUT2D eigenvalue weighted by atomic mass is 32.2. The lowest BCUT2D eigenvalue weighted by Crippen LogP contribution is -2.47. The lowest BCUT2D eigenvalue weighted by Gasteiger charge is -2.23. The molecule has 2 aromatic rings. The molecule has 1 amide bonds. The van der Waals surface area contributed by atoms with E-state index in [0.717, 1.165) is 4.88 Å². The van der Waals surface area contributed by atoms with Crippen molar-refractivity contribution in [2.24, 2.45) is 0 Å². The zero-order chi connectivity index (χ0) is 16.0. The molecule has 0 saturated carbocycles. The first-order valence-corrected chi connectivity index (χ1v) is 9.46. The molecule has 0 bridgehead atoms. The third kappa shape index (κ3) is 2.93. The molecule has 0 aromatic carbocycles. The van der Waals surface area contributed by atoms with Crippen molar-refractivity contribution in [3.63, 3.8) is 0 Å². The summed E-state index contributed by atoms with van der Waals surface area (Å²) >= 11 is 1.37. The summed E-state index contributed by atoms with van der Waals surface area (Å²) in [5.41, 5.74) is -0.404. The van der Waals surface area contributed by atoms with E-state index in [1.165, 1.54) is 11.3 Å². The highest BCUT2D eigenvalue weighted by Gasteiger charge is 2.40. The van der Waals surface area contributed by atoms with Crippen LogP contribution < -0.4 is 5.32 Å². The van der Waals surface area contributed by atoms with E-state index in [2.05, 4.69) is 10.3 Å². The Morgan fingerprint density at radius 3 is 2.86 bits per heavy atom. The van der Waals surface area contributed by atoms with Crippen LogP contribution in [0.1, 0.15) is 28.7 Å². The van der Waals surface area contributed by atoms with E-state index in [9.17, 15) is 13.2 Å². The van der Waals surface area contributed by atoms with Crippen LogP contribution in [0.2, 0.25) is 0 Å². The number of aryl methyl sites for hydroxylation is 1. The number of hydrogen-bond donors (Lipinski definition) is 1. The number of hydrogen-bond acceptors (Lipinski definition) is 6. The Hall–Kier alpha value is -1.67. The molecule has 8 heteroatoms. The van der Waals surface area contributed by atoms with Crippen molar-refractivity contribution in [2.45, 2.75) is 25.8 Å². The number of amides is 1. The molecule has 2 aromatic heterocycles. The number of furan rings is 1. The maximum Gasteiger partial charge on any atom is 0.271 e. The number of sulfone groups is 1. The standard InChI is InChI=1S/C14H16N2O4S2/c1-9-11(15-13(21-9)10-4-3-6-20-10)12(17)16-14(2)5-7-22(18,19)8-14/h3-4,6H,5,7-8H2,1-2H3,(H,16,17). The molecular weight excluding hydrogens is 324 g/mol. The Labute approximate surface area is 132 Å². The van der Waals surface area contributed by atoms with Crippen LogP contribution in [0.15, 0.2) is 22.8 Å². The van der Waals surface area contributed by atoms with Crippen molar-refractivity contribution in [2.75, 3.05) is 11.5 Å². The third-order valence-corrected chi connectivity index (χ3v) is 6.55. The first-order chi connectivity index (χ1) is 10.3. The number of aromatic nitrogens is 1. The molecule has 118 valence electrons. The maximum absolute atomic E-state index is 12.4. The second-order valence-electron chi connectivity index (χ2n) is 5.76. The van der Waals surface area contributed by atoms with Crippen LogP contribution in [0.3, 0.4) is 0 Å². The highest BCUT2D eigenvalue weighted by Crippen LogP contribution is 2.29. The molecule has 1 aliphatic heterocycles. The van der Waals surface area contributed by atoms with Crippen molar-refractivity contribution < 1.29 is 17.6 Å². The van der Waals surface area contributed by atoms with Crippen molar-refractivity contribution in [1.82, 2.24) is 10.3 Å². The van der Waals surface area contributed by atoms with Crippen LogP contribution in [-0.2, 0) is 9.84 Å². The number of rotatable bonds is 3. The first-order valence-electron chi connectivity index (χ1n) is 6.82. The fourth-order valence-corrected chi connectivity index (χ4v) is 5.53. The molecule has 1 fully saturated rings. The molecule has 1 atom stereocenters. The monoisotopic (exact) mass is 340 g/mol. The van der Waals surface area contributed by atoms with Gasteiger partial charge in [-0.15, -0.1) is 11.3 Å². The molecule has 0 radical (unpaired) electrons. The first kappa shape index (κ1) is 15.2. The van der Waals surface area contributed by atoms with Crippen LogP contribution in [-0.4, -0.2) is 36.4 Å². The molecule has 1 saturated heterocycles. The summed E-state index contributed by atoms with van der Waals surface area (Å²) in [6.07, 6.45) is 1.98. The second-order valence-corrected chi connectivity index (χ2v) is 9.15. The van der Waals surface area contributed by atoms with Crippen LogP contribution in [0.25, 0.3) is 10.8 Å². The Morgan fingerprint density at radius 1 is 1.50 bits per heavy atom. The largest absolute Gasteiger partial charge is 0.462 e. The van der Waals surface area contributed by atoms with Crippen molar-refractivity contribution in [1.29, 1.82) is 0 Å². The molecule has 0 spiro atoms. The van der Waals surface area contributed by atoms with Gasteiger partial charge in [-0.05, 0) is 32.4 Å². The van der Waals surface area contributed by atoms with Crippen LogP contribution in [0.5, 0.6) is 0 Å². The summed E-state index contributed by atoms with van der Waals surface area (Å²) in [5.74, 6) is 0.352. The van der Waals surface area contributed by atoms with Gasteiger partial charge in [-0.2, -0.15) is 0 Å². The summed E-state index contributed by atoms with van der Waals surface area (Å²) in [6.45, 7) is 3.57. The normalized spacial score (nSPS) is 23.5. The number of carbonyl (C=O) groups excluding carboxylic acids is 1. The average molecular weight is 340 g/mol. The fourth-order valence-electron chi connectivity index (χ4n) is 2.56. The zero-order valence-electron chi connectivity index (χ0n) is 12.3. The lowest BCUT2D eigenvalue weighted by molar-refractivity contribution is 0.0910. The second kappa shape index (κ2) is 5.20. The minimum Gasteiger partial charge on any atom is -0.462 e. The Kier molecular flexibility index (Phi) is 3.60. The molecule has 1 N–H and O–H groups in total. The number of carbonyl (C=O) groups is 1. The predicted molar refractivity (Wildman–Crippen MR) is 83.7 cm³/mol. The van der Waals surface area contributed by atoms with E-state index in [0.29, 0.717) is 22.9 Å². The van der Waals surface area contributed by atoms with E-state index < -0.39 is 15.4 Å².